The van der Waals surface area contributed by atoms with Crippen molar-refractivity contribution in [2.24, 2.45) is 0 Å². The van der Waals surface area contributed by atoms with Crippen molar-refractivity contribution in [1.29, 1.82) is 0 Å². The molecule has 21 heavy (non-hydrogen) atoms. The van der Waals surface area contributed by atoms with Crippen LogP contribution in [0.4, 0.5) is 5.13 Å². The molecular weight excluding hydrogens is 326 g/mol. The van der Waals surface area contributed by atoms with Gasteiger partial charge in [0.15, 0.2) is 4.34 Å². The number of carbonyl (C=O) groups is 1. The largest absolute Gasteiger partial charge is 0.365 e. The molecule has 2 heterocycles. The first kappa shape index (κ1) is 16.2. The average molecular weight is 341 g/mol. The minimum atomic E-state index is -0.547. The Morgan fingerprint density at radius 2 is 2.48 bits per heavy atom. The monoisotopic (exact) mass is 341 g/mol. The number of thioether (sulfide) groups is 1. The van der Waals surface area contributed by atoms with Crippen molar-refractivity contribution in [3.05, 3.63) is 35.0 Å². The summed E-state index contributed by atoms with van der Waals surface area (Å²) in [6.07, 6.45) is 1.06. The average Bonchev–Trinajstić information content (AvgIpc) is 3.13. The van der Waals surface area contributed by atoms with E-state index in [0.29, 0.717) is 11.7 Å². The first-order valence-corrected chi connectivity index (χ1v) is 8.89. The van der Waals surface area contributed by atoms with E-state index < -0.39 is 6.10 Å². The van der Waals surface area contributed by atoms with Gasteiger partial charge in [0.05, 0.1) is 6.61 Å². The number of anilines is 1. The topological polar surface area (TPSA) is 64.1 Å². The van der Waals surface area contributed by atoms with Crippen LogP contribution in [0.25, 0.3) is 0 Å². The third-order valence-corrected chi connectivity index (χ3v) is 5.47. The van der Waals surface area contributed by atoms with Crippen molar-refractivity contribution in [1.82, 2.24) is 10.2 Å². The van der Waals surface area contributed by atoms with E-state index in [2.05, 4.69) is 28.2 Å². The van der Waals surface area contributed by atoms with Crippen LogP contribution in [0.2, 0.25) is 0 Å². The van der Waals surface area contributed by atoms with Crippen molar-refractivity contribution in [3.8, 4) is 0 Å². The molecule has 0 aliphatic carbocycles. The van der Waals surface area contributed by atoms with Gasteiger partial charge in [-0.25, -0.2) is 0 Å². The molecule has 1 N–H and O–H groups in total. The number of rotatable bonds is 8. The maximum absolute atomic E-state index is 11.8. The fraction of sp³-hybridized carbons (Fsp3) is 0.308. The Bertz CT molecular complexity index is 583. The molecule has 1 amide bonds. The van der Waals surface area contributed by atoms with E-state index in [1.54, 1.807) is 36.1 Å². The Kier molecular flexibility index (Phi) is 6.37. The van der Waals surface area contributed by atoms with Gasteiger partial charge in [0.2, 0.25) is 5.13 Å². The van der Waals surface area contributed by atoms with Crippen molar-refractivity contribution in [3.63, 3.8) is 0 Å². The van der Waals surface area contributed by atoms with Gasteiger partial charge in [-0.3, -0.25) is 10.1 Å². The SMILES string of the molecule is C=CCOC(C)C(=O)Nc1nnc(SCc2cccs2)s1. The Morgan fingerprint density at radius 1 is 1.62 bits per heavy atom. The molecule has 0 aromatic carbocycles. The summed E-state index contributed by atoms with van der Waals surface area (Å²) in [5.74, 6) is 0.627. The summed E-state index contributed by atoms with van der Waals surface area (Å²) < 4.78 is 6.08. The zero-order valence-corrected chi connectivity index (χ0v) is 13.9. The summed E-state index contributed by atoms with van der Waals surface area (Å²) in [4.78, 5) is 13.1. The van der Waals surface area contributed by atoms with E-state index in [9.17, 15) is 4.79 Å². The van der Waals surface area contributed by atoms with Gasteiger partial charge >= 0.3 is 0 Å². The molecule has 0 radical (unpaired) electrons. The fourth-order valence-corrected chi connectivity index (χ4v) is 3.87. The van der Waals surface area contributed by atoms with Crippen LogP contribution in [0.1, 0.15) is 11.8 Å². The molecule has 0 spiro atoms. The number of thiophene rings is 1. The molecule has 1 atom stereocenters. The highest BCUT2D eigenvalue weighted by Crippen LogP contribution is 2.29. The van der Waals surface area contributed by atoms with Crippen LogP contribution in [0.3, 0.4) is 0 Å². The minimum absolute atomic E-state index is 0.234. The number of amides is 1. The molecule has 2 rings (SSSR count). The van der Waals surface area contributed by atoms with E-state index in [1.807, 2.05) is 11.4 Å². The zero-order chi connectivity index (χ0) is 15.1. The summed E-state index contributed by atoms with van der Waals surface area (Å²) in [5, 5.41) is 13.3. The molecule has 0 aliphatic rings. The lowest BCUT2D eigenvalue weighted by molar-refractivity contribution is -0.125. The van der Waals surface area contributed by atoms with Gasteiger partial charge in [0.1, 0.15) is 6.10 Å². The second-order valence-electron chi connectivity index (χ2n) is 3.99. The fourth-order valence-electron chi connectivity index (χ4n) is 1.34. The number of carbonyl (C=O) groups excluding carboxylic acids is 1. The lowest BCUT2D eigenvalue weighted by Crippen LogP contribution is -2.27. The molecule has 8 heteroatoms. The van der Waals surface area contributed by atoms with Gasteiger partial charge in [-0.05, 0) is 18.4 Å². The molecule has 0 saturated carbocycles. The smallest absolute Gasteiger partial charge is 0.255 e. The van der Waals surface area contributed by atoms with Gasteiger partial charge < -0.3 is 4.74 Å². The molecule has 0 saturated heterocycles. The quantitative estimate of drug-likeness (QED) is 0.453. The molecule has 112 valence electrons. The first-order valence-electron chi connectivity index (χ1n) is 6.21. The van der Waals surface area contributed by atoms with Crippen molar-refractivity contribution < 1.29 is 9.53 Å². The minimum Gasteiger partial charge on any atom is -0.365 e. The summed E-state index contributed by atoms with van der Waals surface area (Å²) in [6.45, 7) is 5.57. The predicted molar refractivity (Wildman–Crippen MR) is 88.0 cm³/mol. The van der Waals surface area contributed by atoms with E-state index in [1.165, 1.54) is 16.2 Å². The van der Waals surface area contributed by atoms with E-state index >= 15 is 0 Å². The summed E-state index contributed by atoms with van der Waals surface area (Å²) in [5.41, 5.74) is 0. The van der Waals surface area contributed by atoms with Gasteiger partial charge in [-0.15, -0.1) is 28.1 Å². The van der Waals surface area contributed by atoms with Crippen molar-refractivity contribution >= 4 is 45.5 Å². The summed E-state index contributed by atoms with van der Waals surface area (Å²) in [7, 11) is 0. The van der Waals surface area contributed by atoms with Gasteiger partial charge in [-0.2, -0.15) is 0 Å². The number of nitrogens with zero attached hydrogens (tertiary/aromatic N) is 2. The Morgan fingerprint density at radius 3 is 3.19 bits per heavy atom. The highest BCUT2D eigenvalue weighted by Gasteiger charge is 2.15. The van der Waals surface area contributed by atoms with Gasteiger partial charge in [0.25, 0.3) is 5.91 Å². The number of ether oxygens (including phenoxy) is 1. The second kappa shape index (κ2) is 8.28. The molecule has 1 unspecified atom stereocenters. The lowest BCUT2D eigenvalue weighted by atomic mass is 10.4. The third-order valence-electron chi connectivity index (χ3n) is 2.39. The lowest BCUT2D eigenvalue weighted by Gasteiger charge is -2.09. The maximum atomic E-state index is 11.8. The number of nitrogens with one attached hydrogen (secondary N) is 1. The van der Waals surface area contributed by atoms with Crippen LogP contribution in [-0.2, 0) is 15.3 Å². The third kappa shape index (κ3) is 5.24. The normalized spacial score (nSPS) is 12.0. The summed E-state index contributed by atoms with van der Waals surface area (Å²) in [6, 6.07) is 4.11. The van der Waals surface area contributed by atoms with Crippen LogP contribution >= 0.6 is 34.4 Å². The second-order valence-corrected chi connectivity index (χ2v) is 7.23. The molecule has 0 aliphatic heterocycles. The molecule has 2 aromatic rings. The first-order chi connectivity index (χ1) is 10.2. The Balaban J connectivity index is 1.82. The van der Waals surface area contributed by atoms with E-state index in [4.69, 9.17) is 4.74 Å². The predicted octanol–water partition coefficient (Wildman–Crippen LogP) is 3.42. The van der Waals surface area contributed by atoms with Crippen LogP contribution in [-0.4, -0.2) is 28.8 Å². The van der Waals surface area contributed by atoms with Crippen molar-refractivity contribution in [2.75, 3.05) is 11.9 Å². The molecule has 5 nitrogen and oxygen atoms in total. The molecule has 2 aromatic heterocycles. The van der Waals surface area contributed by atoms with Crippen LogP contribution in [0.15, 0.2) is 34.5 Å². The molecular formula is C13H15N3O2S3. The van der Waals surface area contributed by atoms with Crippen molar-refractivity contribution in [2.45, 2.75) is 23.1 Å². The van der Waals surface area contributed by atoms with Crippen LogP contribution in [0.5, 0.6) is 0 Å². The Labute approximate surface area is 135 Å². The zero-order valence-electron chi connectivity index (χ0n) is 11.4. The number of hydrogen-bond donors (Lipinski definition) is 1. The number of hydrogen-bond acceptors (Lipinski definition) is 7. The van der Waals surface area contributed by atoms with E-state index in [0.717, 1.165) is 10.1 Å². The maximum Gasteiger partial charge on any atom is 0.255 e. The Hall–Kier alpha value is -1.22. The van der Waals surface area contributed by atoms with Gasteiger partial charge in [0, 0.05) is 10.6 Å². The summed E-state index contributed by atoms with van der Waals surface area (Å²) >= 11 is 4.68. The molecule has 0 bridgehead atoms. The number of aromatic nitrogens is 2. The van der Waals surface area contributed by atoms with E-state index in [-0.39, 0.29) is 5.91 Å². The highest BCUT2D eigenvalue weighted by atomic mass is 32.2. The van der Waals surface area contributed by atoms with Crippen LogP contribution in [0, 0.1) is 0 Å². The highest BCUT2D eigenvalue weighted by molar-refractivity contribution is 8.00. The van der Waals surface area contributed by atoms with Crippen LogP contribution < -0.4 is 5.32 Å². The standard InChI is InChI=1S/C13H15N3O2S3/c1-3-6-18-9(2)11(17)14-12-15-16-13(21-12)20-8-10-5-4-7-19-10/h3-5,7,9H,1,6,8H2,2H3,(H,14,15,17). The molecule has 0 fully saturated rings. The van der Waals surface area contributed by atoms with Gasteiger partial charge in [-0.1, -0.05) is 35.2 Å².